The van der Waals surface area contributed by atoms with Crippen LogP contribution in [0.15, 0.2) is 0 Å². The fourth-order valence-corrected chi connectivity index (χ4v) is 1.07. The van der Waals surface area contributed by atoms with E-state index < -0.39 is 12.0 Å². The molecule has 1 aliphatic heterocycles. The summed E-state index contributed by atoms with van der Waals surface area (Å²) in [5.74, 6) is -0.440. The van der Waals surface area contributed by atoms with Crippen molar-refractivity contribution in [1.29, 1.82) is 0 Å². The Labute approximate surface area is 59.1 Å². The molecule has 1 fully saturated rings. The number of carbonyl (C=O) groups excluding carboxylic acids is 1. The van der Waals surface area contributed by atoms with Crippen LogP contribution in [0.2, 0.25) is 0 Å². The van der Waals surface area contributed by atoms with E-state index in [0.29, 0.717) is 6.42 Å². The van der Waals surface area contributed by atoms with Crippen molar-refractivity contribution in [3.05, 3.63) is 0 Å². The second-order valence-corrected chi connectivity index (χ2v) is 2.49. The zero-order valence-corrected chi connectivity index (χ0v) is 5.83. The van der Waals surface area contributed by atoms with Gasteiger partial charge in [0.1, 0.15) is 6.10 Å². The van der Waals surface area contributed by atoms with Crippen LogP contribution >= 0.6 is 0 Å². The summed E-state index contributed by atoms with van der Waals surface area (Å²) in [5.41, 5.74) is 1.56. The molecule has 0 spiro atoms. The highest BCUT2D eigenvalue weighted by Crippen LogP contribution is 2.18. The maximum atomic E-state index is 10.7. The van der Waals surface area contributed by atoms with Crippen LogP contribution in [0.25, 0.3) is 0 Å². The molecule has 2 atom stereocenters. The van der Waals surface area contributed by atoms with Crippen molar-refractivity contribution in [2.24, 2.45) is 0 Å². The second kappa shape index (κ2) is 2.98. The number of hydrogen-bond donors (Lipinski definition) is 2. The lowest BCUT2D eigenvalue weighted by Gasteiger charge is -2.07. The van der Waals surface area contributed by atoms with E-state index in [0.717, 1.165) is 6.42 Å². The number of nitrogens with one attached hydrogen (secondary N) is 1. The first-order valence-corrected chi connectivity index (χ1v) is 3.33. The van der Waals surface area contributed by atoms with Gasteiger partial charge in [0.2, 0.25) is 0 Å². The third-order valence-electron chi connectivity index (χ3n) is 1.63. The molecule has 0 aromatic carbocycles. The van der Waals surface area contributed by atoms with E-state index >= 15 is 0 Å². The van der Waals surface area contributed by atoms with Crippen LogP contribution in [0, 0.1) is 0 Å². The van der Waals surface area contributed by atoms with Gasteiger partial charge in [-0.25, -0.2) is 5.48 Å². The molecule has 4 heteroatoms. The molecule has 0 aromatic heterocycles. The van der Waals surface area contributed by atoms with Crippen molar-refractivity contribution in [2.75, 3.05) is 0 Å². The summed E-state index contributed by atoms with van der Waals surface area (Å²) >= 11 is 0. The Kier molecular flexibility index (Phi) is 2.24. The molecule has 2 N–H and O–H groups in total. The Balaban J connectivity index is 2.37. The minimum Gasteiger partial charge on any atom is -0.365 e. The highest BCUT2D eigenvalue weighted by molar-refractivity contribution is 5.79. The fourth-order valence-electron chi connectivity index (χ4n) is 1.07. The van der Waals surface area contributed by atoms with Crippen LogP contribution in [0.5, 0.6) is 0 Å². The van der Waals surface area contributed by atoms with Gasteiger partial charge in [-0.3, -0.25) is 10.0 Å². The van der Waals surface area contributed by atoms with Gasteiger partial charge >= 0.3 is 0 Å². The fraction of sp³-hybridized carbons (Fsp3) is 0.833. The van der Waals surface area contributed by atoms with Crippen LogP contribution < -0.4 is 5.48 Å². The van der Waals surface area contributed by atoms with Gasteiger partial charge in [0.05, 0.1) is 6.10 Å². The van der Waals surface area contributed by atoms with Crippen molar-refractivity contribution in [3.8, 4) is 0 Å². The van der Waals surface area contributed by atoms with E-state index in [1.54, 1.807) is 5.48 Å². The molecule has 1 rings (SSSR count). The Morgan fingerprint density at radius 3 is 2.80 bits per heavy atom. The summed E-state index contributed by atoms with van der Waals surface area (Å²) in [7, 11) is 0. The molecule has 0 radical (unpaired) electrons. The maximum Gasteiger partial charge on any atom is 0.272 e. The number of carbonyl (C=O) groups is 1. The van der Waals surface area contributed by atoms with Gasteiger partial charge < -0.3 is 4.74 Å². The minimum atomic E-state index is -0.444. The van der Waals surface area contributed by atoms with E-state index in [9.17, 15) is 4.79 Å². The quantitative estimate of drug-likeness (QED) is 0.405. The molecule has 0 aliphatic carbocycles. The Bertz CT molecular complexity index is 137. The van der Waals surface area contributed by atoms with E-state index in [4.69, 9.17) is 9.94 Å². The van der Waals surface area contributed by atoms with Gasteiger partial charge in [-0.2, -0.15) is 0 Å². The largest absolute Gasteiger partial charge is 0.365 e. The molecule has 1 amide bonds. The normalized spacial score (nSPS) is 32.2. The maximum absolute atomic E-state index is 10.7. The molecule has 4 nitrogen and oxygen atoms in total. The highest BCUT2D eigenvalue weighted by Gasteiger charge is 2.27. The molecular formula is C6H11NO3. The summed E-state index contributed by atoms with van der Waals surface area (Å²) in [6, 6.07) is 0. The van der Waals surface area contributed by atoms with Crippen LogP contribution in [0.1, 0.15) is 19.8 Å². The third kappa shape index (κ3) is 1.46. The van der Waals surface area contributed by atoms with E-state index in [-0.39, 0.29) is 6.10 Å². The number of rotatable bonds is 1. The van der Waals surface area contributed by atoms with Gasteiger partial charge in [0, 0.05) is 0 Å². The summed E-state index contributed by atoms with van der Waals surface area (Å²) in [5, 5.41) is 8.20. The van der Waals surface area contributed by atoms with Gasteiger partial charge in [-0.05, 0) is 19.8 Å². The van der Waals surface area contributed by atoms with E-state index in [1.165, 1.54) is 0 Å². The molecule has 1 heterocycles. The lowest BCUT2D eigenvalue weighted by atomic mass is 10.2. The zero-order valence-electron chi connectivity index (χ0n) is 5.83. The monoisotopic (exact) mass is 145 g/mol. The molecular weight excluding hydrogens is 134 g/mol. The Morgan fingerprint density at radius 1 is 1.70 bits per heavy atom. The zero-order chi connectivity index (χ0) is 7.56. The second-order valence-electron chi connectivity index (χ2n) is 2.49. The van der Waals surface area contributed by atoms with Crippen molar-refractivity contribution >= 4 is 5.91 Å². The minimum absolute atomic E-state index is 0.141. The van der Waals surface area contributed by atoms with Crippen molar-refractivity contribution in [2.45, 2.75) is 32.0 Å². The Morgan fingerprint density at radius 2 is 2.40 bits per heavy atom. The van der Waals surface area contributed by atoms with E-state index in [1.807, 2.05) is 6.92 Å². The number of hydrogen-bond acceptors (Lipinski definition) is 3. The molecule has 0 saturated carbocycles. The summed E-state index contributed by atoms with van der Waals surface area (Å²) in [6.45, 7) is 1.91. The van der Waals surface area contributed by atoms with E-state index in [2.05, 4.69) is 0 Å². The number of hydroxylamine groups is 1. The van der Waals surface area contributed by atoms with Crippen LogP contribution in [-0.4, -0.2) is 23.3 Å². The smallest absolute Gasteiger partial charge is 0.272 e. The average molecular weight is 145 g/mol. The lowest BCUT2D eigenvalue weighted by molar-refractivity contribution is -0.140. The van der Waals surface area contributed by atoms with Crippen LogP contribution in [0.3, 0.4) is 0 Å². The van der Waals surface area contributed by atoms with Crippen LogP contribution in [0.4, 0.5) is 0 Å². The molecule has 2 unspecified atom stereocenters. The lowest BCUT2D eigenvalue weighted by Crippen LogP contribution is -2.32. The SMILES string of the molecule is CC1CCC(C(=O)NO)O1. The first-order chi connectivity index (χ1) is 4.74. The molecule has 0 bridgehead atoms. The number of amides is 1. The molecule has 58 valence electrons. The average Bonchev–Trinajstić information content (AvgIpc) is 2.34. The third-order valence-corrected chi connectivity index (χ3v) is 1.63. The summed E-state index contributed by atoms with van der Waals surface area (Å²) < 4.78 is 5.14. The van der Waals surface area contributed by atoms with Gasteiger partial charge in [0.15, 0.2) is 0 Å². The standard InChI is InChI=1S/C6H11NO3/c1-4-2-3-5(10-4)6(8)7-9/h4-5,9H,2-3H2,1H3,(H,7,8). The van der Waals surface area contributed by atoms with Gasteiger partial charge in [-0.15, -0.1) is 0 Å². The first-order valence-electron chi connectivity index (χ1n) is 3.33. The highest BCUT2D eigenvalue weighted by atomic mass is 16.5. The summed E-state index contributed by atoms with van der Waals surface area (Å²) in [6.07, 6.45) is 1.29. The van der Waals surface area contributed by atoms with Crippen LogP contribution in [-0.2, 0) is 9.53 Å². The Hall–Kier alpha value is -0.610. The predicted molar refractivity (Wildman–Crippen MR) is 33.5 cm³/mol. The predicted octanol–water partition coefficient (Wildman–Crippen LogP) is 0.0593. The van der Waals surface area contributed by atoms with Gasteiger partial charge in [-0.1, -0.05) is 0 Å². The van der Waals surface area contributed by atoms with Gasteiger partial charge in [0.25, 0.3) is 5.91 Å². The first kappa shape index (κ1) is 7.50. The number of ether oxygens (including phenoxy) is 1. The van der Waals surface area contributed by atoms with Crippen molar-refractivity contribution in [1.82, 2.24) is 5.48 Å². The molecule has 1 aliphatic rings. The van der Waals surface area contributed by atoms with Crippen molar-refractivity contribution in [3.63, 3.8) is 0 Å². The molecule has 10 heavy (non-hydrogen) atoms. The molecule has 1 saturated heterocycles. The van der Waals surface area contributed by atoms with Crippen molar-refractivity contribution < 1.29 is 14.7 Å². The summed E-state index contributed by atoms with van der Waals surface area (Å²) in [4.78, 5) is 10.7. The topological polar surface area (TPSA) is 58.6 Å². The molecule has 0 aromatic rings.